The summed E-state index contributed by atoms with van der Waals surface area (Å²) in [6.07, 6.45) is 5.07. The minimum atomic E-state index is -2.69. The van der Waals surface area contributed by atoms with E-state index >= 15 is 0 Å². The van der Waals surface area contributed by atoms with Crippen molar-refractivity contribution in [2.75, 3.05) is 69.4 Å². The molecule has 11 nitrogen and oxygen atoms in total. The van der Waals surface area contributed by atoms with Crippen LogP contribution < -0.4 is 30.3 Å². The minimum absolute atomic E-state index is 0.401. The Hall–Kier alpha value is -3.60. The summed E-state index contributed by atoms with van der Waals surface area (Å²) in [5.74, 6) is 2.33. The largest absolute Gasteiger partial charge is 0.495 e. The van der Waals surface area contributed by atoms with Gasteiger partial charge in [-0.1, -0.05) is 0 Å². The highest BCUT2D eigenvalue weighted by molar-refractivity contribution is 9.10. The lowest BCUT2D eigenvalue weighted by Crippen LogP contribution is -2.36. The molecule has 0 spiro atoms. The number of halogens is 1. The van der Waals surface area contributed by atoms with E-state index in [1.54, 1.807) is 50.8 Å². The fourth-order valence-corrected chi connectivity index (χ4v) is 6.00. The number of methoxy groups -OCH3 is 2. The van der Waals surface area contributed by atoms with Crippen LogP contribution in [0.2, 0.25) is 0 Å². The van der Waals surface area contributed by atoms with E-state index in [0.717, 1.165) is 41.5 Å². The van der Waals surface area contributed by atoms with Gasteiger partial charge in [-0.3, -0.25) is 0 Å². The van der Waals surface area contributed by atoms with Crippen LogP contribution in [0.15, 0.2) is 53.4 Å². The normalized spacial score (nSPS) is 13.7. The van der Waals surface area contributed by atoms with Gasteiger partial charge in [-0.15, -0.1) is 0 Å². The van der Waals surface area contributed by atoms with Gasteiger partial charge in [-0.25, -0.2) is 9.67 Å². The van der Waals surface area contributed by atoms with Gasteiger partial charge >= 0.3 is 0 Å². The molecular weight excluding hydrogens is 609 g/mol. The van der Waals surface area contributed by atoms with Crippen LogP contribution in [0.25, 0.3) is 5.69 Å². The Bertz CT molecular complexity index is 1600. The van der Waals surface area contributed by atoms with Crippen molar-refractivity contribution in [2.45, 2.75) is 6.92 Å². The molecule has 2 aromatic heterocycles. The molecule has 0 amide bonds. The van der Waals surface area contributed by atoms with Gasteiger partial charge in [0.2, 0.25) is 5.95 Å². The van der Waals surface area contributed by atoms with Gasteiger partial charge in [-0.2, -0.15) is 10.1 Å². The molecule has 216 valence electrons. The summed E-state index contributed by atoms with van der Waals surface area (Å²) in [7, 11) is 0.570. The van der Waals surface area contributed by atoms with Crippen molar-refractivity contribution in [1.29, 1.82) is 0 Å². The summed E-state index contributed by atoms with van der Waals surface area (Å²) in [6, 6.07) is 9.71. The molecule has 0 atom stereocenters. The highest BCUT2D eigenvalue weighted by Gasteiger charge is 2.21. The lowest BCUT2D eigenvalue weighted by molar-refractivity contribution is 0.122. The van der Waals surface area contributed by atoms with Crippen molar-refractivity contribution in [1.82, 2.24) is 19.7 Å². The van der Waals surface area contributed by atoms with E-state index in [2.05, 4.69) is 47.6 Å². The second-order valence-electron chi connectivity index (χ2n) is 9.96. The van der Waals surface area contributed by atoms with Crippen molar-refractivity contribution in [3.8, 4) is 17.2 Å². The predicted molar refractivity (Wildman–Crippen MR) is 166 cm³/mol. The molecule has 1 saturated heterocycles. The number of morpholine rings is 1. The Morgan fingerprint density at radius 1 is 1.02 bits per heavy atom. The Kier molecular flexibility index (Phi) is 8.53. The molecule has 0 aliphatic carbocycles. The van der Waals surface area contributed by atoms with Gasteiger partial charge in [0.1, 0.15) is 18.7 Å². The third kappa shape index (κ3) is 6.50. The molecule has 2 N–H and O–H groups in total. The standard InChI is InChI=1S/C28H33BrN7O4P/c1-18-12-24(35-8-10-40-11-9-35)25(39-3)14-23(18)33-28-30-16-21(29)27(34-28)32-22-7-6-19(13-26(22)41(4,5)37)36-17-20(38-2)15-31-36/h6-7,12-17H,8-11H2,1-5H3,(H2,30,32,33,34). The molecule has 13 heteroatoms. The van der Waals surface area contributed by atoms with Gasteiger partial charge in [0, 0.05) is 36.3 Å². The summed E-state index contributed by atoms with van der Waals surface area (Å²) in [5, 5.41) is 11.7. The van der Waals surface area contributed by atoms with Crippen molar-refractivity contribution in [3.05, 3.63) is 59.0 Å². The summed E-state index contributed by atoms with van der Waals surface area (Å²) in [5.41, 5.74) is 4.34. The summed E-state index contributed by atoms with van der Waals surface area (Å²) >= 11 is 3.55. The second kappa shape index (κ2) is 12.1. The molecule has 3 heterocycles. The topological polar surface area (TPSA) is 116 Å². The molecule has 1 fully saturated rings. The third-order valence-electron chi connectivity index (χ3n) is 6.74. The van der Waals surface area contributed by atoms with Gasteiger partial charge < -0.3 is 34.3 Å². The molecule has 0 bridgehead atoms. The maximum Gasteiger partial charge on any atom is 0.229 e. The average Bonchev–Trinajstić information content (AvgIpc) is 3.45. The highest BCUT2D eigenvalue weighted by atomic mass is 79.9. The third-order valence-corrected chi connectivity index (χ3v) is 8.85. The Morgan fingerprint density at radius 2 is 1.80 bits per heavy atom. The number of hydrogen-bond donors (Lipinski definition) is 2. The van der Waals surface area contributed by atoms with Crippen LogP contribution in [-0.2, 0) is 9.30 Å². The van der Waals surface area contributed by atoms with E-state index in [9.17, 15) is 4.57 Å². The van der Waals surface area contributed by atoms with Crippen LogP contribution in [0.5, 0.6) is 11.5 Å². The number of benzene rings is 2. The van der Waals surface area contributed by atoms with E-state index in [0.29, 0.717) is 46.2 Å². The Morgan fingerprint density at radius 3 is 2.49 bits per heavy atom. The number of rotatable bonds is 9. The van der Waals surface area contributed by atoms with Crippen LogP contribution in [-0.4, -0.2) is 73.6 Å². The molecule has 0 unspecified atom stereocenters. The Balaban J connectivity index is 1.43. The predicted octanol–water partition coefficient (Wildman–Crippen LogP) is 5.32. The minimum Gasteiger partial charge on any atom is -0.495 e. The molecule has 2 aromatic carbocycles. The zero-order valence-corrected chi connectivity index (χ0v) is 26.1. The van der Waals surface area contributed by atoms with E-state index in [1.165, 1.54) is 0 Å². The van der Waals surface area contributed by atoms with Crippen LogP contribution in [0.4, 0.5) is 28.8 Å². The second-order valence-corrected chi connectivity index (χ2v) is 14.0. The molecule has 1 aliphatic rings. The summed E-state index contributed by atoms with van der Waals surface area (Å²) in [4.78, 5) is 11.5. The van der Waals surface area contributed by atoms with Crippen molar-refractivity contribution in [3.63, 3.8) is 0 Å². The van der Waals surface area contributed by atoms with Crippen LogP contribution in [0.1, 0.15) is 5.56 Å². The smallest absolute Gasteiger partial charge is 0.229 e. The zero-order valence-electron chi connectivity index (χ0n) is 23.6. The van der Waals surface area contributed by atoms with Crippen molar-refractivity contribution >= 4 is 57.2 Å². The first-order valence-electron chi connectivity index (χ1n) is 13.0. The molecule has 1 aliphatic heterocycles. The fourth-order valence-electron chi connectivity index (χ4n) is 4.55. The number of ether oxygens (including phenoxy) is 3. The number of aryl methyl sites for hydroxylation is 1. The van der Waals surface area contributed by atoms with Gasteiger partial charge in [0.15, 0.2) is 5.75 Å². The SMILES string of the molecule is COc1cnn(-c2ccc(Nc3nc(Nc4cc(OC)c(N5CCOCC5)cc4C)ncc3Br)c(P(C)(C)=O)c2)c1. The fraction of sp³-hybridized carbons (Fsp3) is 0.321. The van der Waals surface area contributed by atoms with Gasteiger partial charge in [-0.05, 0) is 66.0 Å². The van der Waals surface area contributed by atoms with E-state index in [1.807, 2.05) is 31.2 Å². The summed E-state index contributed by atoms with van der Waals surface area (Å²) < 4.78 is 32.2. The molecule has 5 rings (SSSR count). The van der Waals surface area contributed by atoms with Crippen molar-refractivity contribution in [2.24, 2.45) is 0 Å². The number of aromatic nitrogens is 4. The summed E-state index contributed by atoms with van der Waals surface area (Å²) in [6.45, 7) is 8.52. The van der Waals surface area contributed by atoms with Crippen molar-refractivity contribution < 1.29 is 18.8 Å². The number of nitrogens with one attached hydrogen (secondary N) is 2. The zero-order chi connectivity index (χ0) is 29.1. The maximum atomic E-state index is 13.3. The number of anilines is 5. The van der Waals surface area contributed by atoms with Crippen LogP contribution in [0, 0.1) is 6.92 Å². The average molecular weight is 642 g/mol. The lowest BCUT2D eigenvalue weighted by atomic mass is 10.1. The van der Waals surface area contributed by atoms with E-state index in [4.69, 9.17) is 19.2 Å². The molecule has 0 radical (unpaired) electrons. The molecular formula is C28H33BrN7O4P. The van der Waals surface area contributed by atoms with Crippen LogP contribution in [0.3, 0.4) is 0 Å². The molecule has 4 aromatic rings. The first-order chi connectivity index (χ1) is 19.7. The highest BCUT2D eigenvalue weighted by Crippen LogP contribution is 2.40. The lowest BCUT2D eigenvalue weighted by Gasteiger charge is -2.30. The maximum absolute atomic E-state index is 13.3. The monoisotopic (exact) mass is 641 g/mol. The number of hydrogen-bond acceptors (Lipinski definition) is 10. The first kappa shape index (κ1) is 28.9. The first-order valence-corrected chi connectivity index (χ1v) is 16.4. The number of nitrogens with zero attached hydrogens (tertiary/aromatic N) is 5. The quantitative estimate of drug-likeness (QED) is 0.233. The Labute approximate surface area is 247 Å². The van der Waals surface area contributed by atoms with E-state index in [-0.39, 0.29) is 0 Å². The molecule has 41 heavy (non-hydrogen) atoms. The van der Waals surface area contributed by atoms with Crippen LogP contribution >= 0.6 is 23.1 Å². The van der Waals surface area contributed by atoms with Gasteiger partial charge in [0.05, 0.1) is 61.4 Å². The molecule has 0 saturated carbocycles. The van der Waals surface area contributed by atoms with Gasteiger partial charge in [0.25, 0.3) is 0 Å². The van der Waals surface area contributed by atoms with E-state index < -0.39 is 7.14 Å².